The van der Waals surface area contributed by atoms with Gasteiger partial charge in [-0.2, -0.15) is 0 Å². The lowest BCUT2D eigenvalue weighted by Gasteiger charge is -2.68. The van der Waals surface area contributed by atoms with Crippen LogP contribution >= 0.6 is 0 Å². The predicted octanol–water partition coefficient (Wildman–Crippen LogP) is 1.47. The van der Waals surface area contributed by atoms with Crippen LogP contribution in [0.4, 0.5) is 0 Å². The molecule has 4 bridgehead atoms. The van der Waals surface area contributed by atoms with Crippen molar-refractivity contribution in [3.8, 4) is 11.5 Å². The Balaban J connectivity index is 1.71. The topological polar surface area (TPSA) is 91.1 Å². The number of nitro groups is 1. The first-order valence-electron chi connectivity index (χ1n) is 9.96. The number of ether oxygens (including phenoxy) is 3. The third-order valence-corrected chi connectivity index (χ3v) is 8.41. The minimum Gasteiger partial charge on any atom is -0.493 e. The van der Waals surface area contributed by atoms with Gasteiger partial charge in [-0.05, 0) is 30.5 Å². The van der Waals surface area contributed by atoms with E-state index in [2.05, 4.69) is 12.1 Å². The third-order valence-electron chi connectivity index (χ3n) is 8.41. The Hall–Kier alpha value is -2.61. The number of likely N-dealkylation sites (tertiary alicyclic amines) is 1. The highest BCUT2D eigenvalue weighted by atomic mass is 16.6. The molecule has 0 radical (unpaired) electrons. The fourth-order valence-electron chi connectivity index (χ4n) is 7.35. The standard InChI is InChI=1S/C21H22N2O6/c1-27-13-4-3-12-9-14-19-5-6-21(28-2,15(10-19)23(25)26)18-20(19,7-8-22(14)11-24)16(12)17(13)29-18/h3-6,11,14-15,18H,7-10H2,1-2H3/t14-,15-,18-,19+,20-,21+/m0/s1. The first kappa shape index (κ1) is 17.3. The summed E-state index contributed by atoms with van der Waals surface area (Å²) in [5.41, 5.74) is 0.0647. The minimum atomic E-state index is -1.15. The van der Waals surface area contributed by atoms with Crippen LogP contribution in [0.15, 0.2) is 24.3 Å². The number of benzene rings is 1. The van der Waals surface area contributed by atoms with Gasteiger partial charge < -0.3 is 19.1 Å². The molecule has 152 valence electrons. The van der Waals surface area contributed by atoms with Gasteiger partial charge in [0.15, 0.2) is 17.1 Å². The van der Waals surface area contributed by atoms with Crippen LogP contribution in [-0.4, -0.2) is 60.8 Å². The molecule has 0 unspecified atom stereocenters. The Labute approximate surface area is 167 Å². The van der Waals surface area contributed by atoms with E-state index in [0.717, 1.165) is 17.5 Å². The molecule has 8 heteroatoms. The van der Waals surface area contributed by atoms with E-state index in [1.165, 1.54) is 7.11 Å². The van der Waals surface area contributed by atoms with Gasteiger partial charge in [0, 0.05) is 42.0 Å². The van der Waals surface area contributed by atoms with Crippen LogP contribution in [0.1, 0.15) is 24.0 Å². The van der Waals surface area contributed by atoms with Gasteiger partial charge in [-0.1, -0.05) is 12.1 Å². The van der Waals surface area contributed by atoms with Crippen LogP contribution in [0.25, 0.3) is 0 Å². The van der Waals surface area contributed by atoms with Crippen molar-refractivity contribution < 1.29 is 23.9 Å². The number of fused-ring (bicyclic) bond motifs is 1. The molecule has 29 heavy (non-hydrogen) atoms. The minimum absolute atomic E-state index is 0.138. The number of rotatable bonds is 4. The van der Waals surface area contributed by atoms with Crippen LogP contribution in [0, 0.1) is 15.5 Å². The van der Waals surface area contributed by atoms with E-state index >= 15 is 0 Å². The number of amides is 1. The molecular weight excluding hydrogens is 376 g/mol. The first-order chi connectivity index (χ1) is 14.0. The molecule has 7 rings (SSSR count). The van der Waals surface area contributed by atoms with Gasteiger partial charge in [-0.3, -0.25) is 14.9 Å². The molecule has 2 heterocycles. The van der Waals surface area contributed by atoms with Crippen molar-refractivity contribution in [2.75, 3.05) is 20.8 Å². The summed E-state index contributed by atoms with van der Waals surface area (Å²) in [6.45, 7) is 0.600. The van der Waals surface area contributed by atoms with Crippen LogP contribution in [0.3, 0.4) is 0 Å². The highest BCUT2D eigenvalue weighted by Crippen LogP contribution is 2.73. The lowest BCUT2D eigenvalue weighted by molar-refractivity contribution is -0.558. The molecule has 1 saturated heterocycles. The zero-order chi connectivity index (χ0) is 20.2. The zero-order valence-electron chi connectivity index (χ0n) is 16.3. The summed E-state index contributed by atoms with van der Waals surface area (Å²) in [6, 6.07) is 2.86. The van der Waals surface area contributed by atoms with E-state index in [0.29, 0.717) is 37.3 Å². The molecule has 2 fully saturated rings. The van der Waals surface area contributed by atoms with Crippen molar-refractivity contribution in [2.24, 2.45) is 5.41 Å². The number of hydrogen-bond donors (Lipinski definition) is 0. The van der Waals surface area contributed by atoms with Gasteiger partial charge in [0.25, 0.3) is 0 Å². The Bertz CT molecular complexity index is 994. The van der Waals surface area contributed by atoms with Gasteiger partial charge in [0.1, 0.15) is 6.10 Å². The van der Waals surface area contributed by atoms with E-state index in [9.17, 15) is 14.9 Å². The number of methoxy groups -OCH3 is 2. The largest absolute Gasteiger partial charge is 0.493 e. The number of hydrogen-bond acceptors (Lipinski definition) is 6. The van der Waals surface area contributed by atoms with Gasteiger partial charge in [0.2, 0.25) is 12.5 Å². The second-order valence-electron chi connectivity index (χ2n) is 8.85. The van der Waals surface area contributed by atoms with E-state index in [1.807, 2.05) is 17.0 Å². The molecule has 6 aliphatic rings. The Morgan fingerprint density at radius 3 is 2.86 bits per heavy atom. The molecule has 0 aromatic heterocycles. The average Bonchev–Trinajstić information content (AvgIpc) is 3.10. The van der Waals surface area contributed by atoms with Crippen LogP contribution < -0.4 is 9.47 Å². The maximum absolute atomic E-state index is 12.2. The van der Waals surface area contributed by atoms with E-state index < -0.39 is 28.6 Å². The second-order valence-corrected chi connectivity index (χ2v) is 8.85. The fourth-order valence-corrected chi connectivity index (χ4v) is 7.35. The van der Waals surface area contributed by atoms with Crippen molar-refractivity contribution in [1.82, 2.24) is 4.90 Å². The molecule has 8 nitrogen and oxygen atoms in total. The molecule has 6 atom stereocenters. The van der Waals surface area contributed by atoms with Crippen molar-refractivity contribution in [1.29, 1.82) is 0 Å². The van der Waals surface area contributed by atoms with Gasteiger partial charge in [-0.15, -0.1) is 0 Å². The summed E-state index contributed by atoms with van der Waals surface area (Å²) >= 11 is 0. The quantitative estimate of drug-likeness (QED) is 0.330. The summed E-state index contributed by atoms with van der Waals surface area (Å²) in [5.74, 6) is 1.33. The number of carbonyl (C=O) groups is 1. The number of nitrogens with zero attached hydrogens (tertiary/aromatic N) is 2. The Morgan fingerprint density at radius 1 is 1.34 bits per heavy atom. The van der Waals surface area contributed by atoms with E-state index in [4.69, 9.17) is 14.2 Å². The number of piperidine rings is 1. The summed E-state index contributed by atoms with van der Waals surface area (Å²) in [5, 5.41) is 12.2. The third kappa shape index (κ3) is 1.56. The second kappa shape index (κ2) is 5.11. The molecule has 1 aromatic carbocycles. The Morgan fingerprint density at radius 2 is 2.17 bits per heavy atom. The smallest absolute Gasteiger partial charge is 0.249 e. The Kier molecular flexibility index (Phi) is 3.04. The maximum Gasteiger partial charge on any atom is 0.249 e. The van der Waals surface area contributed by atoms with Gasteiger partial charge in [-0.25, -0.2) is 0 Å². The summed E-state index contributed by atoms with van der Waals surface area (Å²) in [6.07, 6.45) is 5.98. The normalized spacial score (nSPS) is 42.3. The summed E-state index contributed by atoms with van der Waals surface area (Å²) < 4.78 is 18.1. The molecule has 4 aliphatic carbocycles. The van der Waals surface area contributed by atoms with Gasteiger partial charge in [0.05, 0.1) is 12.5 Å². The molecular formula is C21H22N2O6. The van der Waals surface area contributed by atoms with Crippen molar-refractivity contribution in [2.45, 2.75) is 48.5 Å². The average molecular weight is 398 g/mol. The lowest BCUT2D eigenvalue weighted by atomic mass is 9.38. The van der Waals surface area contributed by atoms with Gasteiger partial charge >= 0.3 is 0 Å². The van der Waals surface area contributed by atoms with Crippen LogP contribution in [0.2, 0.25) is 0 Å². The lowest BCUT2D eigenvalue weighted by Crippen LogP contribution is -2.81. The SMILES string of the molecule is COc1ccc2c3c1O[C@@H]1[C@@]4(OC)C=C[C@@]5(C[C@@H]4[N+](=O)[O-])[C@H](C2)N(C=O)CC[C@]315. The first-order valence-corrected chi connectivity index (χ1v) is 9.96. The molecule has 1 saturated carbocycles. The highest BCUT2D eigenvalue weighted by Gasteiger charge is 2.82. The molecule has 0 N–H and O–H groups in total. The highest BCUT2D eigenvalue weighted by molar-refractivity contribution is 5.66. The zero-order valence-corrected chi connectivity index (χ0v) is 16.3. The van der Waals surface area contributed by atoms with E-state index in [1.54, 1.807) is 7.11 Å². The van der Waals surface area contributed by atoms with Crippen molar-refractivity contribution >= 4 is 6.41 Å². The van der Waals surface area contributed by atoms with E-state index in [-0.39, 0.29) is 11.0 Å². The monoisotopic (exact) mass is 398 g/mol. The summed E-state index contributed by atoms with van der Waals surface area (Å²) in [7, 11) is 3.14. The van der Waals surface area contributed by atoms with Crippen LogP contribution in [-0.2, 0) is 21.4 Å². The fraction of sp³-hybridized carbons (Fsp3) is 0.571. The predicted molar refractivity (Wildman–Crippen MR) is 101 cm³/mol. The summed E-state index contributed by atoms with van der Waals surface area (Å²) in [4.78, 5) is 25.7. The molecule has 2 aliphatic heterocycles. The molecule has 1 aromatic rings. The van der Waals surface area contributed by atoms with Crippen LogP contribution in [0.5, 0.6) is 11.5 Å². The van der Waals surface area contributed by atoms with Crippen molar-refractivity contribution in [3.05, 3.63) is 45.5 Å². The molecule has 2 spiro atoms. The van der Waals surface area contributed by atoms with Crippen molar-refractivity contribution in [3.63, 3.8) is 0 Å². The molecule has 1 amide bonds. The number of carbonyl (C=O) groups excluding carboxylic acids is 1. The maximum atomic E-state index is 12.2.